The molecule has 5 heteroatoms. The van der Waals surface area contributed by atoms with Crippen molar-refractivity contribution in [2.45, 2.75) is 27.7 Å². The normalized spacial score (nSPS) is 10.5. The Hall–Kier alpha value is -3.47. The zero-order valence-electron chi connectivity index (χ0n) is 17.2. The molecule has 0 fully saturated rings. The van der Waals surface area contributed by atoms with E-state index in [1.807, 2.05) is 70.2 Å². The van der Waals surface area contributed by atoms with Crippen LogP contribution >= 0.6 is 0 Å². The molecule has 0 bridgehead atoms. The molecule has 1 heterocycles. The van der Waals surface area contributed by atoms with Gasteiger partial charge in [-0.1, -0.05) is 24.3 Å². The van der Waals surface area contributed by atoms with Gasteiger partial charge in [-0.25, -0.2) is 0 Å². The van der Waals surface area contributed by atoms with E-state index in [1.54, 1.807) is 17.0 Å². The molecular formula is C24H25N3O2. The van der Waals surface area contributed by atoms with Gasteiger partial charge in [-0.2, -0.15) is 0 Å². The number of anilines is 2. The van der Waals surface area contributed by atoms with Crippen LogP contribution in [0.3, 0.4) is 0 Å². The lowest BCUT2D eigenvalue weighted by atomic mass is 10.1. The Morgan fingerprint density at radius 2 is 1.72 bits per heavy atom. The molecule has 148 valence electrons. The van der Waals surface area contributed by atoms with Crippen molar-refractivity contribution >= 4 is 23.2 Å². The second-order valence-corrected chi connectivity index (χ2v) is 7.09. The molecule has 3 rings (SSSR count). The van der Waals surface area contributed by atoms with Crippen molar-refractivity contribution in [3.05, 3.63) is 88.7 Å². The molecule has 0 spiro atoms. The maximum absolute atomic E-state index is 13.1. The number of aryl methyl sites for hydroxylation is 3. The maximum atomic E-state index is 13.1. The Labute approximate surface area is 171 Å². The van der Waals surface area contributed by atoms with Crippen LogP contribution in [-0.4, -0.2) is 23.3 Å². The summed E-state index contributed by atoms with van der Waals surface area (Å²) >= 11 is 0. The minimum atomic E-state index is -0.341. The molecule has 0 saturated carbocycles. The molecule has 0 unspecified atom stereocenters. The van der Waals surface area contributed by atoms with Gasteiger partial charge >= 0.3 is 0 Å². The van der Waals surface area contributed by atoms with E-state index in [1.165, 1.54) is 6.20 Å². The first-order chi connectivity index (χ1) is 13.9. The molecule has 0 aliphatic rings. The van der Waals surface area contributed by atoms with Gasteiger partial charge in [0, 0.05) is 29.7 Å². The van der Waals surface area contributed by atoms with E-state index in [2.05, 4.69) is 10.3 Å². The van der Waals surface area contributed by atoms with Gasteiger partial charge in [0.15, 0.2) is 0 Å². The minimum Gasteiger partial charge on any atom is -0.320 e. The Kier molecular flexibility index (Phi) is 6.07. The number of carbonyl (C=O) groups excluding carboxylic acids is 2. The molecule has 1 aromatic heterocycles. The molecule has 0 aliphatic carbocycles. The maximum Gasteiger partial charge on any atom is 0.274 e. The summed E-state index contributed by atoms with van der Waals surface area (Å²) in [5.41, 5.74) is 5.30. The largest absolute Gasteiger partial charge is 0.320 e. The number of aromatic nitrogens is 1. The highest BCUT2D eigenvalue weighted by Crippen LogP contribution is 2.20. The van der Waals surface area contributed by atoms with Crippen LogP contribution in [0, 0.1) is 20.8 Å². The summed E-state index contributed by atoms with van der Waals surface area (Å²) in [5.74, 6) is -0.506. The van der Waals surface area contributed by atoms with Crippen molar-refractivity contribution in [1.82, 2.24) is 4.98 Å². The number of amides is 2. The first kappa shape index (κ1) is 20.3. The molecule has 0 aliphatic heterocycles. The lowest BCUT2D eigenvalue weighted by Gasteiger charge is -2.21. The summed E-state index contributed by atoms with van der Waals surface area (Å²) in [6, 6.07) is 16.8. The van der Waals surface area contributed by atoms with E-state index in [0.717, 1.165) is 28.1 Å². The van der Waals surface area contributed by atoms with Crippen LogP contribution in [0.15, 0.2) is 60.8 Å². The molecule has 29 heavy (non-hydrogen) atoms. The number of hydrogen-bond acceptors (Lipinski definition) is 3. The second kappa shape index (κ2) is 8.69. The van der Waals surface area contributed by atoms with Crippen LogP contribution in [0.4, 0.5) is 11.4 Å². The monoisotopic (exact) mass is 387 g/mol. The molecule has 2 amide bonds. The van der Waals surface area contributed by atoms with Gasteiger partial charge in [0.25, 0.3) is 11.8 Å². The number of benzene rings is 2. The molecular weight excluding hydrogens is 362 g/mol. The summed E-state index contributed by atoms with van der Waals surface area (Å²) < 4.78 is 0. The number of nitrogens with one attached hydrogen (secondary N) is 1. The van der Waals surface area contributed by atoms with E-state index in [9.17, 15) is 9.59 Å². The van der Waals surface area contributed by atoms with E-state index in [-0.39, 0.29) is 17.5 Å². The van der Waals surface area contributed by atoms with Crippen LogP contribution in [-0.2, 0) is 0 Å². The summed E-state index contributed by atoms with van der Waals surface area (Å²) in [6.45, 7) is 8.34. The lowest BCUT2D eigenvalue weighted by Crippen LogP contribution is -2.31. The van der Waals surface area contributed by atoms with Crippen molar-refractivity contribution in [2.24, 2.45) is 0 Å². The van der Waals surface area contributed by atoms with E-state index in [4.69, 9.17) is 0 Å². The van der Waals surface area contributed by atoms with Gasteiger partial charge in [-0.3, -0.25) is 14.6 Å². The van der Waals surface area contributed by atoms with Gasteiger partial charge in [-0.05, 0) is 74.7 Å². The van der Waals surface area contributed by atoms with Crippen molar-refractivity contribution in [1.29, 1.82) is 0 Å². The number of hydrogen-bond donors (Lipinski definition) is 1. The van der Waals surface area contributed by atoms with Gasteiger partial charge < -0.3 is 10.2 Å². The first-order valence-electron chi connectivity index (χ1n) is 9.62. The van der Waals surface area contributed by atoms with Crippen LogP contribution in [0.1, 0.15) is 44.5 Å². The third-order valence-electron chi connectivity index (χ3n) is 4.76. The molecule has 1 N–H and O–H groups in total. The van der Waals surface area contributed by atoms with Crippen molar-refractivity contribution in [3.63, 3.8) is 0 Å². The predicted molar refractivity (Wildman–Crippen MR) is 117 cm³/mol. The number of nitrogens with zero attached hydrogens (tertiary/aromatic N) is 2. The van der Waals surface area contributed by atoms with Crippen molar-refractivity contribution < 1.29 is 9.59 Å². The highest BCUT2D eigenvalue weighted by molar-refractivity contribution is 6.09. The zero-order valence-corrected chi connectivity index (χ0v) is 17.2. The highest BCUT2D eigenvalue weighted by atomic mass is 16.2. The Morgan fingerprint density at radius 3 is 2.45 bits per heavy atom. The fraction of sp³-hybridized carbons (Fsp3) is 0.208. The third-order valence-corrected chi connectivity index (χ3v) is 4.76. The molecule has 5 nitrogen and oxygen atoms in total. The van der Waals surface area contributed by atoms with Crippen molar-refractivity contribution in [2.75, 3.05) is 16.8 Å². The molecule has 0 atom stereocenters. The van der Waals surface area contributed by atoms with Crippen molar-refractivity contribution in [3.8, 4) is 0 Å². The van der Waals surface area contributed by atoms with E-state index >= 15 is 0 Å². The SMILES string of the molecule is CCN(C(=O)c1ccnc(C(=O)Nc2cc(C)ccc2C)c1)c1cccc(C)c1. The first-order valence-corrected chi connectivity index (χ1v) is 9.62. The third kappa shape index (κ3) is 4.69. The zero-order chi connectivity index (χ0) is 21.0. The van der Waals surface area contributed by atoms with Gasteiger partial charge in [0.2, 0.25) is 0 Å². The summed E-state index contributed by atoms with van der Waals surface area (Å²) in [7, 11) is 0. The standard InChI is InChI=1S/C24H25N3O2/c1-5-27(20-8-6-7-16(2)13-20)24(29)19-11-12-25-22(15-19)23(28)26-21-14-17(3)9-10-18(21)4/h6-15H,5H2,1-4H3,(H,26,28). The predicted octanol–water partition coefficient (Wildman–Crippen LogP) is 4.93. The smallest absolute Gasteiger partial charge is 0.274 e. The number of pyridine rings is 1. The highest BCUT2D eigenvalue weighted by Gasteiger charge is 2.18. The fourth-order valence-corrected chi connectivity index (χ4v) is 3.14. The topological polar surface area (TPSA) is 62.3 Å². The Bertz CT molecular complexity index is 1060. The second-order valence-electron chi connectivity index (χ2n) is 7.09. The van der Waals surface area contributed by atoms with E-state index in [0.29, 0.717) is 12.1 Å². The summed E-state index contributed by atoms with van der Waals surface area (Å²) in [4.78, 5) is 31.6. The van der Waals surface area contributed by atoms with Gasteiger partial charge in [0.1, 0.15) is 5.69 Å². The summed E-state index contributed by atoms with van der Waals surface area (Å²) in [6.07, 6.45) is 1.50. The fourth-order valence-electron chi connectivity index (χ4n) is 3.14. The molecule has 0 saturated heterocycles. The average molecular weight is 387 g/mol. The summed E-state index contributed by atoms with van der Waals surface area (Å²) in [5, 5.41) is 2.89. The quantitative estimate of drug-likeness (QED) is 0.675. The van der Waals surface area contributed by atoms with Crippen LogP contribution in [0.2, 0.25) is 0 Å². The minimum absolute atomic E-state index is 0.165. The molecule has 2 aromatic carbocycles. The van der Waals surface area contributed by atoms with Gasteiger partial charge in [0.05, 0.1) is 0 Å². The molecule has 3 aromatic rings. The Balaban J connectivity index is 1.85. The average Bonchev–Trinajstić information content (AvgIpc) is 2.71. The Morgan fingerprint density at radius 1 is 0.966 bits per heavy atom. The van der Waals surface area contributed by atoms with Crippen LogP contribution in [0.25, 0.3) is 0 Å². The van der Waals surface area contributed by atoms with E-state index < -0.39 is 0 Å². The lowest BCUT2D eigenvalue weighted by molar-refractivity contribution is 0.0988. The number of carbonyl (C=O) groups is 2. The number of rotatable bonds is 5. The van der Waals surface area contributed by atoms with Crippen LogP contribution < -0.4 is 10.2 Å². The molecule has 0 radical (unpaired) electrons. The van der Waals surface area contributed by atoms with Crippen LogP contribution in [0.5, 0.6) is 0 Å². The van der Waals surface area contributed by atoms with Gasteiger partial charge in [-0.15, -0.1) is 0 Å².